The second-order valence-electron chi connectivity index (χ2n) is 9.34. The van der Waals surface area contributed by atoms with Gasteiger partial charge in [-0.1, -0.05) is 18.2 Å². The molecule has 1 fully saturated rings. The van der Waals surface area contributed by atoms with E-state index in [1.807, 2.05) is 24.3 Å². The van der Waals surface area contributed by atoms with E-state index >= 15 is 0 Å². The van der Waals surface area contributed by atoms with Crippen molar-refractivity contribution in [3.8, 4) is 11.5 Å². The molecule has 1 unspecified atom stereocenters. The number of pyridine rings is 1. The molecule has 9 nitrogen and oxygen atoms in total. The minimum atomic E-state index is -3.78. The molecule has 2 aromatic carbocycles. The van der Waals surface area contributed by atoms with Gasteiger partial charge in [-0.2, -0.15) is 4.52 Å². The zero-order chi connectivity index (χ0) is 26.0. The number of halogens is 3. The van der Waals surface area contributed by atoms with Gasteiger partial charge in [-0.15, -0.1) is 13.9 Å². The van der Waals surface area contributed by atoms with Crippen LogP contribution in [0.15, 0.2) is 54.7 Å². The Labute approximate surface area is 213 Å². The number of nitrogens with two attached hydrogens (primary N) is 1. The van der Waals surface area contributed by atoms with Crippen molar-refractivity contribution >= 4 is 28.3 Å². The molecular formula is C26H20F3N7O2. The van der Waals surface area contributed by atoms with Crippen LogP contribution in [0.2, 0.25) is 0 Å². The van der Waals surface area contributed by atoms with Gasteiger partial charge in [0.25, 0.3) is 0 Å². The first kappa shape index (κ1) is 22.6. The maximum Gasteiger partial charge on any atom is 0.586 e. The molecule has 1 atom stereocenters. The maximum atomic E-state index is 13.7. The van der Waals surface area contributed by atoms with Crippen LogP contribution in [0.3, 0.4) is 0 Å². The van der Waals surface area contributed by atoms with Crippen molar-refractivity contribution in [3.63, 3.8) is 0 Å². The number of alkyl halides is 2. The first-order valence-electron chi connectivity index (χ1n) is 12.0. The molecule has 0 radical (unpaired) electrons. The Morgan fingerprint density at radius 2 is 1.89 bits per heavy atom. The van der Waals surface area contributed by atoms with E-state index < -0.39 is 6.29 Å². The molecule has 5 aromatic rings. The van der Waals surface area contributed by atoms with Crippen molar-refractivity contribution in [3.05, 3.63) is 77.5 Å². The molecule has 0 amide bonds. The van der Waals surface area contributed by atoms with Gasteiger partial charge in [-0.3, -0.25) is 0 Å². The topological polar surface area (TPSA) is 104 Å². The number of nitrogen functional groups attached to an aromatic ring is 1. The Morgan fingerprint density at radius 3 is 2.74 bits per heavy atom. The third-order valence-corrected chi connectivity index (χ3v) is 6.93. The molecule has 7 rings (SSSR count). The van der Waals surface area contributed by atoms with Crippen molar-refractivity contribution in [2.24, 2.45) is 0 Å². The highest BCUT2D eigenvalue weighted by atomic mass is 19.3. The lowest BCUT2D eigenvalue weighted by Gasteiger charge is -2.20. The van der Waals surface area contributed by atoms with Crippen molar-refractivity contribution in [1.29, 1.82) is 0 Å². The average molecular weight is 519 g/mol. The number of benzene rings is 2. The summed E-state index contributed by atoms with van der Waals surface area (Å²) in [4.78, 5) is 15.8. The summed E-state index contributed by atoms with van der Waals surface area (Å²) in [7, 11) is 0. The predicted molar refractivity (Wildman–Crippen MR) is 132 cm³/mol. The van der Waals surface area contributed by atoms with E-state index in [1.54, 1.807) is 12.3 Å². The van der Waals surface area contributed by atoms with Crippen LogP contribution in [-0.2, 0) is 6.42 Å². The lowest BCUT2D eigenvalue weighted by Crippen LogP contribution is -2.26. The second-order valence-corrected chi connectivity index (χ2v) is 9.34. The maximum absolute atomic E-state index is 13.7. The summed E-state index contributed by atoms with van der Waals surface area (Å²) in [6.07, 6.45) is -0.737. The second kappa shape index (κ2) is 8.20. The van der Waals surface area contributed by atoms with E-state index in [1.165, 1.54) is 22.7 Å². The number of rotatable bonds is 4. The Bertz CT molecular complexity index is 1710. The minimum absolute atomic E-state index is 0.0217. The zero-order valence-corrected chi connectivity index (χ0v) is 19.8. The van der Waals surface area contributed by atoms with Crippen LogP contribution in [0, 0.1) is 5.82 Å². The molecule has 2 aliphatic rings. The summed E-state index contributed by atoms with van der Waals surface area (Å²) in [5.74, 6) is 0.994. The van der Waals surface area contributed by atoms with Crippen molar-refractivity contribution < 1.29 is 22.6 Å². The standard InChI is InChI=1S/C26H20F3N7O2/c27-17-5-3-14(4-6-17)16-9-11-35(13-16)23-15(2-1-10-31-23)12-20-32-24-18-7-8-19-22(38-26(28,29)37-19)21(18)33-25(30)36(24)34-20/h1-8,10,16H,9,11-13H2,(H2,30,33). The van der Waals surface area contributed by atoms with Crippen LogP contribution in [0.5, 0.6) is 11.5 Å². The molecular weight excluding hydrogens is 499 g/mol. The van der Waals surface area contributed by atoms with Crippen LogP contribution in [0.1, 0.15) is 29.3 Å². The fraction of sp³-hybridized carbons (Fsp3) is 0.231. The number of anilines is 2. The first-order valence-corrected chi connectivity index (χ1v) is 12.0. The van der Waals surface area contributed by atoms with E-state index in [0.29, 0.717) is 23.3 Å². The van der Waals surface area contributed by atoms with Crippen LogP contribution < -0.4 is 20.1 Å². The molecule has 0 bridgehead atoms. The molecule has 0 saturated carbocycles. The number of hydrogen-bond donors (Lipinski definition) is 1. The van der Waals surface area contributed by atoms with Gasteiger partial charge in [0.1, 0.15) is 17.2 Å². The van der Waals surface area contributed by atoms with E-state index in [0.717, 1.165) is 36.5 Å². The average Bonchev–Trinajstić information content (AvgIpc) is 3.61. The molecule has 3 aromatic heterocycles. The van der Waals surface area contributed by atoms with Crippen LogP contribution in [0.25, 0.3) is 16.6 Å². The normalized spacial score (nSPS) is 18.1. The summed E-state index contributed by atoms with van der Waals surface area (Å²) in [5, 5.41) is 4.98. The number of hydrogen-bond acceptors (Lipinski definition) is 8. The number of fused-ring (bicyclic) bond motifs is 5. The monoisotopic (exact) mass is 519 g/mol. The summed E-state index contributed by atoms with van der Waals surface area (Å²) in [6, 6.07) is 13.4. The third-order valence-electron chi connectivity index (χ3n) is 6.93. The predicted octanol–water partition coefficient (Wildman–Crippen LogP) is 4.30. The highest BCUT2D eigenvalue weighted by Crippen LogP contribution is 2.45. The summed E-state index contributed by atoms with van der Waals surface area (Å²) >= 11 is 0. The van der Waals surface area contributed by atoms with Crippen molar-refractivity contribution in [2.45, 2.75) is 25.1 Å². The Kier molecular flexibility index (Phi) is 4.87. The highest BCUT2D eigenvalue weighted by molar-refractivity contribution is 5.97. The summed E-state index contributed by atoms with van der Waals surface area (Å²) in [6.45, 7) is 1.57. The highest BCUT2D eigenvalue weighted by Gasteiger charge is 2.45. The summed E-state index contributed by atoms with van der Waals surface area (Å²) in [5.41, 5.74) is 8.64. The molecule has 192 valence electrons. The van der Waals surface area contributed by atoms with Crippen molar-refractivity contribution in [2.75, 3.05) is 23.7 Å². The fourth-order valence-corrected chi connectivity index (χ4v) is 5.20. The van der Waals surface area contributed by atoms with Gasteiger partial charge in [0.05, 0.1) is 0 Å². The Balaban J connectivity index is 1.21. The van der Waals surface area contributed by atoms with Crippen molar-refractivity contribution in [1.82, 2.24) is 24.6 Å². The lowest BCUT2D eigenvalue weighted by atomic mass is 9.99. The van der Waals surface area contributed by atoms with Gasteiger partial charge < -0.3 is 20.1 Å². The first-order chi connectivity index (χ1) is 18.3. The van der Waals surface area contributed by atoms with E-state index in [4.69, 9.17) is 5.73 Å². The Hall–Kier alpha value is -4.61. The van der Waals surface area contributed by atoms with E-state index in [-0.39, 0.29) is 34.7 Å². The SMILES string of the molecule is Nc1nc2c3c(ccc2c2nc(Cc4cccnc4N4CCC(c5ccc(F)cc5)C4)nn12)OC(F)(F)O3. The number of nitrogens with zero attached hydrogens (tertiary/aromatic N) is 6. The molecule has 38 heavy (non-hydrogen) atoms. The molecule has 0 spiro atoms. The zero-order valence-electron chi connectivity index (χ0n) is 19.8. The van der Waals surface area contributed by atoms with Gasteiger partial charge in [0.15, 0.2) is 23.0 Å². The molecule has 12 heteroatoms. The van der Waals surface area contributed by atoms with E-state index in [2.05, 4.69) is 34.4 Å². The van der Waals surface area contributed by atoms with Gasteiger partial charge in [-0.25, -0.2) is 19.3 Å². The number of aromatic nitrogens is 5. The fourth-order valence-electron chi connectivity index (χ4n) is 5.20. The third kappa shape index (κ3) is 3.71. The molecule has 1 saturated heterocycles. The Morgan fingerprint density at radius 1 is 1.05 bits per heavy atom. The molecule has 2 aliphatic heterocycles. The van der Waals surface area contributed by atoms with E-state index in [9.17, 15) is 13.2 Å². The number of ether oxygens (including phenoxy) is 2. The van der Waals surface area contributed by atoms with Gasteiger partial charge in [-0.05, 0) is 42.3 Å². The molecule has 0 aliphatic carbocycles. The van der Waals surface area contributed by atoms with Gasteiger partial charge in [0.2, 0.25) is 5.95 Å². The van der Waals surface area contributed by atoms with Gasteiger partial charge >= 0.3 is 6.29 Å². The largest absolute Gasteiger partial charge is 0.586 e. The van der Waals surface area contributed by atoms with Crippen LogP contribution >= 0.6 is 0 Å². The smallest absolute Gasteiger partial charge is 0.395 e. The van der Waals surface area contributed by atoms with Gasteiger partial charge in [0, 0.05) is 42.6 Å². The van der Waals surface area contributed by atoms with Crippen LogP contribution in [-0.4, -0.2) is 44.0 Å². The minimum Gasteiger partial charge on any atom is -0.395 e. The van der Waals surface area contributed by atoms with Crippen LogP contribution in [0.4, 0.5) is 24.9 Å². The quantitative estimate of drug-likeness (QED) is 0.375. The lowest BCUT2D eigenvalue weighted by molar-refractivity contribution is -0.286. The molecule has 2 N–H and O–H groups in total. The summed E-state index contributed by atoms with van der Waals surface area (Å²) < 4.78 is 51.3. The molecule has 5 heterocycles.